The monoisotopic (exact) mass is 587 g/mol. The van der Waals surface area contributed by atoms with Gasteiger partial charge in [-0.3, -0.25) is 14.5 Å². The normalized spacial score (nSPS) is 21.0. The maximum absolute atomic E-state index is 13.2. The van der Waals surface area contributed by atoms with Crippen LogP contribution in [0.25, 0.3) is 0 Å². The van der Waals surface area contributed by atoms with Crippen molar-refractivity contribution in [3.05, 3.63) is 76.9 Å². The number of likely N-dealkylation sites (N-methyl/N-ethyl adjacent to an activating group) is 1. The lowest BCUT2D eigenvalue weighted by atomic mass is 10.1. The van der Waals surface area contributed by atoms with Crippen molar-refractivity contribution >= 4 is 11.8 Å². The van der Waals surface area contributed by atoms with E-state index in [0.29, 0.717) is 68.0 Å². The van der Waals surface area contributed by atoms with Gasteiger partial charge in [0.2, 0.25) is 5.91 Å². The van der Waals surface area contributed by atoms with E-state index in [2.05, 4.69) is 10.2 Å². The summed E-state index contributed by atoms with van der Waals surface area (Å²) >= 11 is 0. The molecule has 10 heteroatoms. The Kier molecular flexibility index (Phi) is 8.40. The van der Waals surface area contributed by atoms with E-state index in [1.54, 1.807) is 26.3 Å². The van der Waals surface area contributed by atoms with Crippen LogP contribution in [0.2, 0.25) is 0 Å². The van der Waals surface area contributed by atoms with Crippen molar-refractivity contribution in [1.82, 2.24) is 15.1 Å². The summed E-state index contributed by atoms with van der Waals surface area (Å²) in [6.45, 7) is 5.13. The number of hydrogen-bond acceptors (Lipinski definition) is 8. The minimum atomic E-state index is -0.277. The molecule has 2 atom stereocenters. The molecular weight excluding hydrogens is 550 g/mol. The van der Waals surface area contributed by atoms with E-state index < -0.39 is 0 Å². The minimum absolute atomic E-state index is 0.0822. The third-order valence-electron chi connectivity index (χ3n) is 7.99. The molecule has 0 spiro atoms. The summed E-state index contributed by atoms with van der Waals surface area (Å²) in [5.41, 5.74) is 3.26. The molecule has 1 fully saturated rings. The van der Waals surface area contributed by atoms with Gasteiger partial charge in [-0.25, -0.2) is 0 Å². The van der Waals surface area contributed by atoms with E-state index in [1.165, 1.54) is 4.90 Å². The fraction of sp³-hybridized carbons (Fsp3) is 0.394. The molecule has 2 amide bonds. The number of hydrogen-bond donors (Lipinski definition) is 1. The zero-order valence-electron chi connectivity index (χ0n) is 24.8. The zero-order chi connectivity index (χ0) is 29.9. The summed E-state index contributed by atoms with van der Waals surface area (Å²) in [5.74, 6) is 2.85. The number of carbonyl (C=O) groups excluding carboxylic acids is 2. The Hall–Kier alpha value is -4.28. The fourth-order valence-electron chi connectivity index (χ4n) is 5.71. The average Bonchev–Trinajstić information content (AvgIpc) is 3.21. The molecule has 3 heterocycles. The Bertz CT molecular complexity index is 1510. The van der Waals surface area contributed by atoms with Crippen LogP contribution >= 0.6 is 0 Å². The minimum Gasteiger partial charge on any atom is -0.496 e. The van der Waals surface area contributed by atoms with Gasteiger partial charge in [-0.1, -0.05) is 18.2 Å². The van der Waals surface area contributed by atoms with E-state index >= 15 is 0 Å². The number of nitrogens with one attached hydrogen (secondary N) is 1. The first-order valence-corrected chi connectivity index (χ1v) is 14.6. The first-order valence-electron chi connectivity index (χ1n) is 14.6. The van der Waals surface area contributed by atoms with Crippen molar-refractivity contribution in [3.63, 3.8) is 0 Å². The third kappa shape index (κ3) is 6.55. The zero-order valence-corrected chi connectivity index (χ0v) is 24.8. The predicted octanol–water partition coefficient (Wildman–Crippen LogP) is 3.93. The van der Waals surface area contributed by atoms with Gasteiger partial charge in [0.1, 0.15) is 17.2 Å². The maximum atomic E-state index is 13.2. The summed E-state index contributed by atoms with van der Waals surface area (Å²) in [6, 6.07) is 16.6. The summed E-state index contributed by atoms with van der Waals surface area (Å²) in [7, 11) is 3.27. The number of rotatable bonds is 3. The standard InChI is InChI=1S/C33H37N3O7/c1-21-8-9-23-13-27(21)43-25-7-4-6-22(12-25)20-42-31-18-36(17-26(31)34-32(37)19-35(2)33(23)38)16-24-14-29-30(15-28(24)39-3)41-11-5-10-40-29/h4,6-9,12-15,26,31H,5,10-11,16-20H2,1-3H3,(H,34,37)/t26-,31-/m0/s1. The average molecular weight is 588 g/mol. The highest BCUT2D eigenvalue weighted by molar-refractivity contribution is 5.96. The van der Waals surface area contributed by atoms with Gasteiger partial charge in [0.05, 0.1) is 45.6 Å². The number of nitrogens with zero attached hydrogens (tertiary/aromatic N) is 2. The Morgan fingerprint density at radius 1 is 0.977 bits per heavy atom. The number of methoxy groups -OCH3 is 1. The predicted molar refractivity (Wildman–Crippen MR) is 159 cm³/mol. The lowest BCUT2D eigenvalue weighted by Crippen LogP contribution is -2.48. The van der Waals surface area contributed by atoms with Crippen molar-refractivity contribution in [3.8, 4) is 28.7 Å². The largest absolute Gasteiger partial charge is 0.496 e. The summed E-state index contributed by atoms with van der Waals surface area (Å²) < 4.78 is 30.1. The Morgan fingerprint density at radius 3 is 2.60 bits per heavy atom. The van der Waals surface area contributed by atoms with Crippen LogP contribution < -0.4 is 24.3 Å². The van der Waals surface area contributed by atoms with Crippen molar-refractivity contribution in [1.29, 1.82) is 0 Å². The molecule has 1 saturated heterocycles. The number of likely N-dealkylation sites (tertiary alicyclic amines) is 1. The molecule has 3 aromatic carbocycles. The van der Waals surface area contributed by atoms with Gasteiger partial charge in [0, 0.05) is 50.3 Å². The van der Waals surface area contributed by atoms with Gasteiger partial charge in [-0.15, -0.1) is 0 Å². The van der Waals surface area contributed by atoms with E-state index in [4.69, 9.17) is 23.7 Å². The lowest BCUT2D eigenvalue weighted by molar-refractivity contribution is -0.123. The molecule has 3 aliphatic heterocycles. The van der Waals surface area contributed by atoms with Crippen molar-refractivity contribution in [2.45, 2.75) is 38.6 Å². The number of fused-ring (bicyclic) bond motifs is 6. The number of aryl methyl sites for hydroxylation is 1. The second-order valence-corrected chi connectivity index (χ2v) is 11.3. The molecule has 3 aliphatic rings. The topological polar surface area (TPSA) is 98.8 Å². The molecule has 1 N–H and O–H groups in total. The van der Waals surface area contributed by atoms with Gasteiger partial charge in [-0.2, -0.15) is 0 Å². The van der Waals surface area contributed by atoms with E-state index in [-0.39, 0.29) is 30.5 Å². The SMILES string of the molecule is COc1cc2c(cc1CN1C[C@@H]3NC(=O)CN(C)C(=O)c4ccc(C)c(c4)Oc4cccc(c4)CO[C@H]3C1)OCCCO2. The molecule has 0 radical (unpaired) electrons. The van der Waals surface area contributed by atoms with Crippen LogP contribution in [0.1, 0.15) is 33.5 Å². The Balaban J connectivity index is 1.25. The van der Waals surface area contributed by atoms with Gasteiger partial charge in [0.25, 0.3) is 5.91 Å². The highest BCUT2D eigenvalue weighted by Gasteiger charge is 2.35. The molecule has 6 rings (SSSR count). The van der Waals surface area contributed by atoms with Crippen molar-refractivity contribution in [2.75, 3.05) is 47.0 Å². The highest BCUT2D eigenvalue weighted by atomic mass is 16.5. The molecule has 0 unspecified atom stereocenters. The molecule has 0 aromatic heterocycles. The van der Waals surface area contributed by atoms with Gasteiger partial charge in [0.15, 0.2) is 11.5 Å². The van der Waals surface area contributed by atoms with Crippen LogP contribution in [0.15, 0.2) is 54.6 Å². The molecule has 226 valence electrons. The van der Waals surface area contributed by atoms with Gasteiger partial charge >= 0.3 is 0 Å². The molecule has 0 saturated carbocycles. The molecular formula is C33H37N3O7. The van der Waals surface area contributed by atoms with Gasteiger partial charge in [-0.05, 0) is 48.4 Å². The van der Waals surface area contributed by atoms with Gasteiger partial charge < -0.3 is 33.9 Å². The van der Waals surface area contributed by atoms with E-state index in [9.17, 15) is 9.59 Å². The number of carbonyl (C=O) groups is 2. The van der Waals surface area contributed by atoms with Crippen molar-refractivity contribution < 1.29 is 33.3 Å². The first-order chi connectivity index (χ1) is 20.9. The second-order valence-electron chi connectivity index (χ2n) is 11.3. The molecule has 3 aromatic rings. The molecule has 43 heavy (non-hydrogen) atoms. The van der Waals surface area contributed by atoms with Crippen LogP contribution in [-0.4, -0.2) is 80.8 Å². The van der Waals surface area contributed by atoms with E-state index in [0.717, 1.165) is 28.9 Å². The van der Waals surface area contributed by atoms with Crippen molar-refractivity contribution in [2.24, 2.45) is 0 Å². The molecule has 0 aliphatic carbocycles. The quantitative estimate of drug-likeness (QED) is 0.493. The van der Waals surface area contributed by atoms with Crippen LogP contribution in [-0.2, 0) is 22.7 Å². The summed E-state index contributed by atoms with van der Waals surface area (Å²) in [4.78, 5) is 30.1. The summed E-state index contributed by atoms with van der Waals surface area (Å²) in [6.07, 6.45) is 0.546. The Morgan fingerprint density at radius 2 is 1.79 bits per heavy atom. The first kappa shape index (κ1) is 28.8. The van der Waals surface area contributed by atoms with Crippen LogP contribution in [0.3, 0.4) is 0 Å². The molecule has 4 bridgehead atoms. The van der Waals surface area contributed by atoms with Crippen LogP contribution in [0.4, 0.5) is 0 Å². The Labute approximate surface area is 251 Å². The summed E-state index contributed by atoms with van der Waals surface area (Å²) in [5, 5.41) is 3.14. The maximum Gasteiger partial charge on any atom is 0.254 e. The number of ether oxygens (including phenoxy) is 5. The smallest absolute Gasteiger partial charge is 0.254 e. The lowest BCUT2D eigenvalue weighted by Gasteiger charge is -2.23. The fourth-order valence-corrected chi connectivity index (χ4v) is 5.71. The number of benzene rings is 3. The highest BCUT2D eigenvalue weighted by Crippen LogP contribution is 2.37. The van der Waals surface area contributed by atoms with E-state index in [1.807, 2.05) is 49.4 Å². The van der Waals surface area contributed by atoms with Crippen LogP contribution in [0, 0.1) is 6.92 Å². The second kappa shape index (κ2) is 12.5. The molecule has 10 nitrogen and oxygen atoms in total. The number of amides is 2. The van der Waals surface area contributed by atoms with Crippen LogP contribution in [0.5, 0.6) is 28.7 Å². The third-order valence-corrected chi connectivity index (χ3v) is 7.99.